The molecule has 132 valence electrons. The highest BCUT2D eigenvalue weighted by molar-refractivity contribution is 6.32. The number of H-pyrrole nitrogens is 2. The maximum Gasteiger partial charge on any atom is 0.335 e. The topological polar surface area (TPSA) is 81.8 Å². The van der Waals surface area contributed by atoms with Crippen molar-refractivity contribution >= 4 is 50.3 Å². The van der Waals surface area contributed by atoms with Gasteiger partial charge >= 0.3 is 5.97 Å². The van der Waals surface area contributed by atoms with Crippen LogP contribution in [-0.2, 0) is 0 Å². The van der Waals surface area contributed by atoms with Crippen LogP contribution in [0.1, 0.15) is 16.1 Å². The number of benzene rings is 2. The molecular formula is C21H14ClN3O2. The largest absolute Gasteiger partial charge is 0.478 e. The predicted octanol–water partition coefficient (Wildman–Crippen LogP) is 5.52. The number of pyridine rings is 1. The molecule has 0 aliphatic heterocycles. The molecule has 3 heterocycles. The maximum atomic E-state index is 11.2. The molecule has 0 saturated carbocycles. The van der Waals surface area contributed by atoms with Crippen molar-refractivity contribution in [3.8, 4) is 11.3 Å². The first kappa shape index (κ1) is 15.9. The summed E-state index contributed by atoms with van der Waals surface area (Å²) in [6.45, 7) is 1.97. The van der Waals surface area contributed by atoms with Crippen LogP contribution >= 0.6 is 11.6 Å². The summed E-state index contributed by atoms with van der Waals surface area (Å²) in [5, 5.41) is 12.8. The first-order valence-corrected chi connectivity index (χ1v) is 8.82. The minimum Gasteiger partial charge on any atom is -0.478 e. The number of nitrogens with one attached hydrogen (secondary N) is 2. The summed E-state index contributed by atoms with van der Waals surface area (Å²) in [5.74, 6) is -0.941. The average molecular weight is 376 g/mol. The normalized spacial score (nSPS) is 11.6. The Morgan fingerprint density at radius 1 is 1.04 bits per heavy atom. The van der Waals surface area contributed by atoms with E-state index >= 15 is 0 Å². The molecule has 3 aromatic heterocycles. The van der Waals surface area contributed by atoms with Crippen LogP contribution in [-0.4, -0.2) is 26.0 Å². The Bertz CT molecular complexity index is 1380. The number of halogens is 1. The Morgan fingerprint density at radius 3 is 2.70 bits per heavy atom. The van der Waals surface area contributed by atoms with Gasteiger partial charge < -0.3 is 15.1 Å². The van der Waals surface area contributed by atoms with Gasteiger partial charge in [0.1, 0.15) is 0 Å². The number of rotatable bonds is 2. The fourth-order valence-electron chi connectivity index (χ4n) is 3.65. The fraction of sp³-hybridized carbons (Fsp3) is 0.0476. The first-order chi connectivity index (χ1) is 13.0. The Morgan fingerprint density at radius 2 is 1.89 bits per heavy atom. The van der Waals surface area contributed by atoms with Gasteiger partial charge in [0.05, 0.1) is 22.3 Å². The van der Waals surface area contributed by atoms with E-state index in [4.69, 9.17) is 11.6 Å². The zero-order chi connectivity index (χ0) is 18.7. The van der Waals surface area contributed by atoms with Gasteiger partial charge in [-0.25, -0.2) is 4.79 Å². The Kier molecular flexibility index (Phi) is 3.29. The van der Waals surface area contributed by atoms with Crippen LogP contribution in [0.2, 0.25) is 5.02 Å². The summed E-state index contributed by atoms with van der Waals surface area (Å²) >= 11 is 6.42. The molecule has 5 nitrogen and oxygen atoms in total. The molecule has 0 saturated heterocycles. The molecular weight excluding hydrogens is 362 g/mol. The lowest BCUT2D eigenvalue weighted by molar-refractivity contribution is 0.0697. The van der Waals surface area contributed by atoms with Crippen molar-refractivity contribution in [3.05, 3.63) is 64.9 Å². The summed E-state index contributed by atoms with van der Waals surface area (Å²) < 4.78 is 0. The zero-order valence-electron chi connectivity index (χ0n) is 14.3. The highest BCUT2D eigenvalue weighted by atomic mass is 35.5. The van der Waals surface area contributed by atoms with Gasteiger partial charge in [0, 0.05) is 44.2 Å². The minimum absolute atomic E-state index is 0.261. The third-order valence-electron chi connectivity index (χ3n) is 4.94. The molecule has 0 atom stereocenters. The van der Waals surface area contributed by atoms with Crippen LogP contribution in [0, 0.1) is 6.92 Å². The molecule has 0 radical (unpaired) electrons. The lowest BCUT2D eigenvalue weighted by atomic mass is 10.1. The quantitative estimate of drug-likeness (QED) is 0.379. The van der Waals surface area contributed by atoms with Crippen LogP contribution in [0.5, 0.6) is 0 Å². The van der Waals surface area contributed by atoms with Crippen molar-refractivity contribution in [2.45, 2.75) is 6.92 Å². The molecule has 27 heavy (non-hydrogen) atoms. The third-order valence-corrected chi connectivity index (χ3v) is 5.16. The van der Waals surface area contributed by atoms with Crippen molar-refractivity contribution in [2.75, 3.05) is 0 Å². The van der Waals surface area contributed by atoms with Gasteiger partial charge in [-0.2, -0.15) is 0 Å². The van der Waals surface area contributed by atoms with E-state index in [1.807, 2.05) is 31.2 Å². The van der Waals surface area contributed by atoms with Crippen LogP contribution in [0.4, 0.5) is 0 Å². The van der Waals surface area contributed by atoms with Gasteiger partial charge in [-0.05, 0) is 49.4 Å². The van der Waals surface area contributed by atoms with Crippen molar-refractivity contribution in [1.82, 2.24) is 15.0 Å². The number of aryl methyl sites for hydroxylation is 1. The fourth-order valence-corrected chi connectivity index (χ4v) is 3.87. The number of carboxylic acid groups (broad SMARTS) is 1. The number of aromatic amines is 2. The summed E-state index contributed by atoms with van der Waals surface area (Å²) in [6.07, 6.45) is 1.79. The van der Waals surface area contributed by atoms with Gasteiger partial charge in [-0.1, -0.05) is 11.6 Å². The average Bonchev–Trinajstić information content (AvgIpc) is 3.22. The molecule has 5 rings (SSSR count). The van der Waals surface area contributed by atoms with E-state index in [-0.39, 0.29) is 5.56 Å². The molecule has 0 aliphatic rings. The molecule has 0 unspecified atom stereocenters. The van der Waals surface area contributed by atoms with Gasteiger partial charge in [0.15, 0.2) is 0 Å². The molecule has 0 spiro atoms. The number of hydrogen-bond donors (Lipinski definition) is 3. The second kappa shape index (κ2) is 5.59. The minimum atomic E-state index is -0.941. The van der Waals surface area contributed by atoms with Crippen molar-refractivity contribution in [3.63, 3.8) is 0 Å². The van der Waals surface area contributed by atoms with Crippen molar-refractivity contribution in [1.29, 1.82) is 0 Å². The number of carboxylic acids is 1. The van der Waals surface area contributed by atoms with E-state index in [0.717, 1.165) is 49.7 Å². The molecule has 0 bridgehead atoms. The van der Waals surface area contributed by atoms with E-state index in [9.17, 15) is 9.90 Å². The molecule has 0 fully saturated rings. The smallest absolute Gasteiger partial charge is 0.335 e. The van der Waals surface area contributed by atoms with Crippen LogP contribution in [0.25, 0.3) is 44.0 Å². The summed E-state index contributed by atoms with van der Waals surface area (Å²) in [4.78, 5) is 22.4. The number of nitrogens with zero attached hydrogens (tertiary/aromatic N) is 1. The maximum absolute atomic E-state index is 11.2. The number of aromatic carboxylic acids is 1. The Labute approximate surface area is 158 Å². The van der Waals surface area contributed by atoms with E-state index < -0.39 is 5.97 Å². The monoisotopic (exact) mass is 375 g/mol. The molecule has 6 heteroatoms. The summed E-state index contributed by atoms with van der Waals surface area (Å²) in [6, 6.07) is 12.8. The SMILES string of the molecule is Cc1nccc2c1[nH]c1c(-c3cc4cc(C(=O)O)ccc4[nH]3)cc(Cl)cc12. The van der Waals surface area contributed by atoms with E-state index in [2.05, 4.69) is 15.0 Å². The van der Waals surface area contributed by atoms with E-state index in [1.54, 1.807) is 24.4 Å². The second-order valence-electron chi connectivity index (χ2n) is 6.61. The third kappa shape index (κ3) is 2.39. The Balaban J connectivity index is 1.82. The standard InChI is InChI=1S/C21H14ClN3O2/c1-10-19-14(4-5-23-10)15-8-13(22)9-16(20(15)25-19)18-7-12-6-11(21(26)27)2-3-17(12)24-18/h2-9,24-25H,1H3,(H,26,27). The highest BCUT2D eigenvalue weighted by Gasteiger charge is 2.15. The van der Waals surface area contributed by atoms with Crippen LogP contribution in [0.3, 0.4) is 0 Å². The van der Waals surface area contributed by atoms with Crippen LogP contribution in [0.15, 0.2) is 48.7 Å². The summed E-state index contributed by atoms with van der Waals surface area (Å²) in [5.41, 5.74) is 5.82. The number of hydrogen-bond acceptors (Lipinski definition) is 2. The van der Waals surface area contributed by atoms with Gasteiger partial charge in [-0.3, -0.25) is 4.98 Å². The Hall–Kier alpha value is -3.31. The second-order valence-corrected chi connectivity index (χ2v) is 7.05. The van der Waals surface area contributed by atoms with Crippen LogP contribution < -0.4 is 0 Å². The van der Waals surface area contributed by atoms with Gasteiger partial charge in [0.2, 0.25) is 0 Å². The van der Waals surface area contributed by atoms with Gasteiger partial charge in [0.25, 0.3) is 0 Å². The zero-order valence-corrected chi connectivity index (χ0v) is 15.1. The molecule has 0 aliphatic carbocycles. The van der Waals surface area contributed by atoms with Crippen molar-refractivity contribution < 1.29 is 9.90 Å². The lowest BCUT2D eigenvalue weighted by Crippen LogP contribution is -1.94. The number of aromatic nitrogens is 3. The highest BCUT2D eigenvalue weighted by Crippen LogP contribution is 2.37. The molecule has 3 N–H and O–H groups in total. The van der Waals surface area contributed by atoms with E-state index in [0.29, 0.717) is 5.02 Å². The number of fused-ring (bicyclic) bond motifs is 4. The number of carbonyl (C=O) groups is 1. The predicted molar refractivity (Wildman–Crippen MR) is 108 cm³/mol. The van der Waals surface area contributed by atoms with E-state index in [1.165, 1.54) is 0 Å². The summed E-state index contributed by atoms with van der Waals surface area (Å²) in [7, 11) is 0. The first-order valence-electron chi connectivity index (χ1n) is 8.44. The molecule has 5 aromatic rings. The van der Waals surface area contributed by atoms with Crippen molar-refractivity contribution in [2.24, 2.45) is 0 Å². The molecule has 0 amide bonds. The van der Waals surface area contributed by atoms with Gasteiger partial charge in [-0.15, -0.1) is 0 Å². The molecule has 2 aromatic carbocycles. The lowest BCUT2D eigenvalue weighted by Gasteiger charge is -2.02.